The summed E-state index contributed by atoms with van der Waals surface area (Å²) in [4.78, 5) is 34.1. The number of carbonyl (C=O) groups excluding carboxylic acids is 2. The van der Waals surface area contributed by atoms with Crippen molar-refractivity contribution in [3.63, 3.8) is 0 Å². The Morgan fingerprint density at radius 2 is 2.08 bits per heavy atom. The predicted octanol–water partition coefficient (Wildman–Crippen LogP) is 3.87. The minimum atomic E-state index is -0.464. The minimum absolute atomic E-state index is 0.157. The molecule has 0 fully saturated rings. The molecular formula is C29H38N4O5. The fourth-order valence-electron chi connectivity index (χ4n) is 4.06. The number of amides is 3. The molecule has 0 aliphatic carbocycles. The molecule has 3 atom stereocenters. The fourth-order valence-corrected chi connectivity index (χ4v) is 4.06. The molecule has 0 radical (unpaired) electrons. The van der Waals surface area contributed by atoms with Crippen LogP contribution in [0, 0.1) is 23.7 Å². The van der Waals surface area contributed by atoms with Crippen LogP contribution in [-0.2, 0) is 0 Å². The summed E-state index contributed by atoms with van der Waals surface area (Å²) in [5.41, 5.74) is 1.47. The molecule has 2 N–H and O–H groups in total. The van der Waals surface area contributed by atoms with Gasteiger partial charge in [-0.2, -0.15) is 0 Å². The van der Waals surface area contributed by atoms with Gasteiger partial charge < -0.3 is 29.7 Å². The summed E-state index contributed by atoms with van der Waals surface area (Å²) in [6, 6.07) is 8.14. The zero-order valence-corrected chi connectivity index (χ0v) is 23.0. The van der Waals surface area contributed by atoms with Gasteiger partial charge in [0.05, 0.1) is 32.0 Å². The van der Waals surface area contributed by atoms with Crippen molar-refractivity contribution in [3.05, 3.63) is 47.7 Å². The molecule has 3 amide bonds. The number of methoxy groups -OCH3 is 1. The van der Waals surface area contributed by atoms with Crippen LogP contribution in [0.5, 0.6) is 11.6 Å². The number of carbonyl (C=O) groups is 2. The first kappa shape index (κ1) is 28.8. The van der Waals surface area contributed by atoms with Crippen LogP contribution in [0.25, 0.3) is 0 Å². The number of nitrogens with zero attached hydrogens (tertiary/aromatic N) is 3. The van der Waals surface area contributed by atoms with Crippen LogP contribution in [0.4, 0.5) is 10.5 Å². The van der Waals surface area contributed by atoms with Gasteiger partial charge in [-0.3, -0.25) is 4.79 Å². The van der Waals surface area contributed by atoms with Crippen LogP contribution in [0.1, 0.15) is 50.0 Å². The SMILES string of the molecule is COc1ccccc1NC(=O)N(C)C[C@H]1Oc2ncc(C#CCC(C)C)cc2C(=O)N([C@@H](C)CO)C[C@@H]1C. The van der Waals surface area contributed by atoms with Crippen LogP contribution >= 0.6 is 0 Å². The lowest BCUT2D eigenvalue weighted by molar-refractivity contribution is 0.0356. The zero-order chi connectivity index (χ0) is 27.8. The van der Waals surface area contributed by atoms with Gasteiger partial charge >= 0.3 is 6.03 Å². The average molecular weight is 523 g/mol. The summed E-state index contributed by atoms with van der Waals surface area (Å²) < 4.78 is 11.6. The second-order valence-electron chi connectivity index (χ2n) is 10.1. The quantitative estimate of drug-likeness (QED) is 0.535. The lowest BCUT2D eigenvalue weighted by atomic mass is 10.00. The van der Waals surface area contributed by atoms with Crippen molar-refractivity contribution in [2.75, 3.05) is 39.2 Å². The number of aromatic nitrogens is 1. The summed E-state index contributed by atoms with van der Waals surface area (Å²) in [7, 11) is 3.23. The molecule has 1 aliphatic heterocycles. The Balaban J connectivity index is 1.87. The first-order valence-corrected chi connectivity index (χ1v) is 12.9. The van der Waals surface area contributed by atoms with Crippen molar-refractivity contribution in [3.8, 4) is 23.5 Å². The van der Waals surface area contributed by atoms with Gasteiger partial charge in [-0.05, 0) is 31.0 Å². The topological polar surface area (TPSA) is 104 Å². The van der Waals surface area contributed by atoms with Crippen molar-refractivity contribution in [2.45, 2.75) is 46.3 Å². The summed E-state index contributed by atoms with van der Waals surface area (Å²) in [5.74, 6) is 6.96. The summed E-state index contributed by atoms with van der Waals surface area (Å²) in [6.45, 7) is 8.35. The van der Waals surface area contributed by atoms with Gasteiger partial charge in [0.25, 0.3) is 5.91 Å². The van der Waals surface area contributed by atoms with E-state index in [1.54, 1.807) is 50.4 Å². The lowest BCUT2D eigenvalue weighted by Gasteiger charge is -2.37. The smallest absolute Gasteiger partial charge is 0.321 e. The maximum absolute atomic E-state index is 13.5. The Morgan fingerprint density at radius 3 is 2.76 bits per heavy atom. The first-order valence-electron chi connectivity index (χ1n) is 12.9. The summed E-state index contributed by atoms with van der Waals surface area (Å²) >= 11 is 0. The normalized spacial score (nSPS) is 17.8. The van der Waals surface area contributed by atoms with Crippen molar-refractivity contribution in [2.24, 2.45) is 11.8 Å². The number of hydrogen-bond acceptors (Lipinski definition) is 6. The highest BCUT2D eigenvalue weighted by atomic mass is 16.5. The van der Waals surface area contributed by atoms with E-state index >= 15 is 0 Å². The molecule has 0 spiro atoms. The maximum atomic E-state index is 13.5. The Morgan fingerprint density at radius 1 is 1.34 bits per heavy atom. The maximum Gasteiger partial charge on any atom is 0.321 e. The number of aliphatic hydroxyl groups excluding tert-OH is 1. The van der Waals surface area contributed by atoms with E-state index in [1.165, 1.54) is 4.90 Å². The van der Waals surface area contributed by atoms with Crippen molar-refractivity contribution >= 4 is 17.6 Å². The largest absolute Gasteiger partial charge is 0.495 e. The molecule has 0 saturated heterocycles. The number of likely N-dealkylation sites (N-methyl/N-ethyl adjacent to an activating group) is 1. The van der Waals surface area contributed by atoms with E-state index in [0.717, 1.165) is 6.42 Å². The Labute approximate surface area is 225 Å². The van der Waals surface area contributed by atoms with Crippen LogP contribution in [0.15, 0.2) is 36.5 Å². The number of pyridine rings is 1. The van der Waals surface area contributed by atoms with Gasteiger partial charge in [0.15, 0.2) is 0 Å². The minimum Gasteiger partial charge on any atom is -0.495 e. The van der Waals surface area contributed by atoms with E-state index < -0.39 is 12.1 Å². The number of urea groups is 1. The number of para-hydroxylation sites is 2. The Kier molecular flexibility index (Phi) is 9.97. The van der Waals surface area contributed by atoms with E-state index in [2.05, 4.69) is 36.0 Å². The highest BCUT2D eigenvalue weighted by Gasteiger charge is 2.34. The van der Waals surface area contributed by atoms with Gasteiger partial charge in [-0.1, -0.05) is 44.7 Å². The predicted molar refractivity (Wildman–Crippen MR) is 146 cm³/mol. The number of ether oxygens (including phenoxy) is 2. The molecule has 3 rings (SSSR count). The molecule has 1 aliphatic rings. The van der Waals surface area contributed by atoms with Gasteiger partial charge in [-0.25, -0.2) is 9.78 Å². The monoisotopic (exact) mass is 522 g/mol. The van der Waals surface area contributed by atoms with E-state index in [1.807, 2.05) is 19.1 Å². The van der Waals surface area contributed by atoms with Crippen molar-refractivity contribution in [1.29, 1.82) is 0 Å². The number of nitrogens with one attached hydrogen (secondary N) is 1. The highest BCUT2D eigenvalue weighted by molar-refractivity contribution is 5.97. The molecule has 204 valence electrons. The van der Waals surface area contributed by atoms with Crippen molar-refractivity contribution < 1.29 is 24.2 Å². The van der Waals surface area contributed by atoms with Gasteiger partial charge in [0.1, 0.15) is 17.4 Å². The molecular weight excluding hydrogens is 484 g/mol. The third-order valence-corrected chi connectivity index (χ3v) is 6.41. The molecule has 1 aromatic heterocycles. The molecule has 38 heavy (non-hydrogen) atoms. The van der Waals surface area contributed by atoms with E-state index in [4.69, 9.17) is 9.47 Å². The second kappa shape index (κ2) is 13.2. The highest BCUT2D eigenvalue weighted by Crippen LogP contribution is 2.28. The zero-order valence-electron chi connectivity index (χ0n) is 23.0. The Hall–Kier alpha value is -3.77. The first-order chi connectivity index (χ1) is 18.1. The fraction of sp³-hybridized carbons (Fsp3) is 0.483. The number of aliphatic hydroxyl groups is 1. The molecule has 1 aromatic carbocycles. The molecule has 2 heterocycles. The standard InChI is InChI=1S/C29H38N4O5/c1-19(2)10-9-11-22-14-23-27(30-15-22)38-26(20(3)16-33(28(23)35)21(4)18-34)17-32(5)29(36)31-24-12-7-8-13-25(24)37-6/h7-8,12-15,19-21,26,34H,10,16-18H2,1-6H3,(H,31,36)/t20-,21-,26+/m0/s1. The van der Waals surface area contributed by atoms with Crippen LogP contribution in [-0.4, -0.2) is 77.8 Å². The molecule has 2 aromatic rings. The van der Waals surface area contributed by atoms with Gasteiger partial charge in [-0.15, -0.1) is 0 Å². The third kappa shape index (κ3) is 7.17. The summed E-state index contributed by atoms with van der Waals surface area (Å²) in [5, 5.41) is 12.7. The van der Waals surface area contributed by atoms with Crippen molar-refractivity contribution in [1.82, 2.24) is 14.8 Å². The van der Waals surface area contributed by atoms with E-state index in [9.17, 15) is 14.7 Å². The number of rotatable bonds is 7. The van der Waals surface area contributed by atoms with E-state index in [-0.39, 0.29) is 36.9 Å². The molecule has 0 saturated carbocycles. The number of anilines is 1. The van der Waals surface area contributed by atoms with Crippen LogP contribution in [0.2, 0.25) is 0 Å². The molecule has 0 bridgehead atoms. The molecule has 0 unspecified atom stereocenters. The molecule has 9 heteroatoms. The van der Waals surface area contributed by atoms with Gasteiger partial charge in [0.2, 0.25) is 5.88 Å². The number of benzene rings is 1. The Bertz CT molecular complexity index is 1190. The number of hydrogen-bond donors (Lipinski definition) is 2. The van der Waals surface area contributed by atoms with Gasteiger partial charge in [0, 0.05) is 37.7 Å². The van der Waals surface area contributed by atoms with Crippen LogP contribution in [0.3, 0.4) is 0 Å². The molecule has 9 nitrogen and oxygen atoms in total. The third-order valence-electron chi connectivity index (χ3n) is 6.41. The summed E-state index contributed by atoms with van der Waals surface area (Å²) in [6.07, 6.45) is 1.87. The van der Waals surface area contributed by atoms with Crippen LogP contribution < -0.4 is 14.8 Å². The lowest BCUT2D eigenvalue weighted by Crippen LogP contribution is -2.50. The second-order valence-corrected chi connectivity index (χ2v) is 10.1. The van der Waals surface area contributed by atoms with E-state index in [0.29, 0.717) is 35.0 Å². The average Bonchev–Trinajstić information content (AvgIpc) is 2.90. The number of fused-ring (bicyclic) bond motifs is 1.